The Kier molecular flexibility index (Phi) is 12.0. The third-order valence-corrected chi connectivity index (χ3v) is 15.5. The van der Waals surface area contributed by atoms with Crippen LogP contribution in [-0.4, -0.2) is 25.5 Å². The average molecular weight is 994 g/mol. The number of fused-ring (bicyclic) bond motifs is 19. The summed E-state index contributed by atoms with van der Waals surface area (Å²) in [5.74, 6) is -0.0869. The average Bonchev–Trinajstić information content (AvgIpc) is 4.22. The Bertz CT molecular complexity index is 4570. The fourth-order valence-corrected chi connectivity index (χ4v) is 12.2. The van der Waals surface area contributed by atoms with Gasteiger partial charge in [-0.3, -0.25) is 18.7 Å². The fourth-order valence-electron chi connectivity index (χ4n) is 12.2. The van der Waals surface area contributed by atoms with Crippen molar-refractivity contribution in [1.29, 1.82) is 0 Å². The summed E-state index contributed by atoms with van der Waals surface area (Å²) in [5.41, 5.74) is 14.4. The Morgan fingerprint density at radius 2 is 0.870 bits per heavy atom. The van der Waals surface area contributed by atoms with Crippen LogP contribution >= 0.6 is 0 Å². The first kappa shape index (κ1) is 47.2. The second-order valence-electron chi connectivity index (χ2n) is 19.9. The molecule has 0 fully saturated rings. The smallest absolute Gasteiger partial charge is 0.243 e. The van der Waals surface area contributed by atoms with Crippen molar-refractivity contribution in [2.45, 2.75) is 39.5 Å². The molecule has 370 valence electrons. The van der Waals surface area contributed by atoms with Crippen molar-refractivity contribution in [2.24, 2.45) is 0 Å². The Morgan fingerprint density at radius 3 is 1.56 bits per heavy atom. The normalized spacial score (nSPS) is 13.5. The van der Waals surface area contributed by atoms with Crippen LogP contribution in [0, 0.1) is 6.92 Å². The van der Waals surface area contributed by atoms with Gasteiger partial charge in [-0.15, -0.1) is 0 Å². The van der Waals surface area contributed by atoms with Crippen LogP contribution in [-0.2, 0) is 6.42 Å². The number of rotatable bonds is 2. The molecule has 2 aliphatic rings. The van der Waals surface area contributed by atoms with Gasteiger partial charge in [0, 0.05) is 44.8 Å². The summed E-state index contributed by atoms with van der Waals surface area (Å²) in [5, 5.41) is 12.6. The van der Waals surface area contributed by atoms with E-state index in [4.69, 9.17) is 0 Å². The molecule has 0 aliphatic carbocycles. The molecule has 1 unspecified atom stereocenters. The van der Waals surface area contributed by atoms with Gasteiger partial charge >= 0.3 is 0 Å². The van der Waals surface area contributed by atoms with Crippen molar-refractivity contribution in [2.75, 3.05) is 0 Å². The van der Waals surface area contributed by atoms with E-state index in [0.29, 0.717) is 6.42 Å². The Balaban J connectivity index is 0.000000119. The van der Waals surface area contributed by atoms with Gasteiger partial charge in [0.05, 0.1) is 39.4 Å². The van der Waals surface area contributed by atoms with E-state index < -0.39 is 0 Å². The van der Waals surface area contributed by atoms with Gasteiger partial charge in [-0.2, -0.15) is 0 Å². The topological polar surface area (TPSA) is 48.9 Å². The van der Waals surface area contributed by atoms with E-state index in [2.05, 4.69) is 200 Å². The van der Waals surface area contributed by atoms with Gasteiger partial charge in [0.15, 0.2) is 0 Å². The van der Waals surface area contributed by atoms with Crippen molar-refractivity contribution in [3.63, 3.8) is 0 Å². The van der Waals surface area contributed by atoms with Crippen LogP contribution in [0.15, 0.2) is 249 Å². The first-order valence-corrected chi connectivity index (χ1v) is 26.8. The lowest BCUT2D eigenvalue weighted by Crippen LogP contribution is -2.26. The van der Waals surface area contributed by atoms with Crippen LogP contribution in [0.25, 0.3) is 104 Å². The number of hydrogen-bond donors (Lipinski definition) is 0. The zero-order valence-corrected chi connectivity index (χ0v) is 43.3. The molecule has 2 aliphatic heterocycles. The van der Waals surface area contributed by atoms with Crippen LogP contribution in [0.3, 0.4) is 0 Å². The molecule has 5 heterocycles. The van der Waals surface area contributed by atoms with Gasteiger partial charge in [-0.25, -0.2) is 0 Å². The summed E-state index contributed by atoms with van der Waals surface area (Å²) in [6, 6.07) is 86.8. The molecular formula is C72H55N3O2. The number of nitrogens with zero attached hydrogens (tertiary/aromatic N) is 3. The Hall–Kier alpha value is -9.58. The second kappa shape index (κ2) is 19.6. The van der Waals surface area contributed by atoms with Gasteiger partial charge in [0.1, 0.15) is 0 Å². The predicted molar refractivity (Wildman–Crippen MR) is 322 cm³/mol. The molecule has 5 nitrogen and oxygen atoms in total. The number of para-hydroxylation sites is 4. The van der Waals surface area contributed by atoms with Crippen molar-refractivity contribution < 1.29 is 9.59 Å². The molecule has 1 atom stereocenters. The molecule has 0 amide bonds. The standard InChI is InChI=1S/C34H22N2O.C19H14.C17H13NO.C2H6/c37-34-33(27-15-6-5-13-25(27)32-21-22-10-4-8-16-29(22)36(32)34)23-18-19-31-28(20-23)26-14-7-9-17-30(26)35(31)24-11-2-1-3-12-24;1-13-10-11-18-16-8-3-2-6-14(16)15-7-4-5-9-17(15)19(18)12-13;19-17-10-9-12-5-1-3-7-14(12)16-11-13-6-2-4-8-15(13)18(16)17;1-2/h1-21,33H;2-12H,1H3;1-8,11H,9-10H2;1-2H3. The molecule has 0 saturated carbocycles. The number of carbonyl (C=O) groups excluding carboxylic acids is 2. The summed E-state index contributed by atoms with van der Waals surface area (Å²) < 4.78 is 6.10. The van der Waals surface area contributed by atoms with E-state index in [1.807, 2.05) is 83.6 Å². The molecule has 0 N–H and O–H groups in total. The molecule has 77 heavy (non-hydrogen) atoms. The minimum Gasteiger partial charge on any atom is -0.309 e. The van der Waals surface area contributed by atoms with Crippen LogP contribution < -0.4 is 0 Å². The highest BCUT2D eigenvalue weighted by Gasteiger charge is 2.35. The van der Waals surface area contributed by atoms with Crippen LogP contribution in [0.2, 0.25) is 0 Å². The lowest BCUT2D eigenvalue weighted by molar-refractivity contribution is 0.0893. The van der Waals surface area contributed by atoms with E-state index in [1.165, 1.54) is 54.4 Å². The highest BCUT2D eigenvalue weighted by Crippen LogP contribution is 2.44. The van der Waals surface area contributed by atoms with E-state index in [0.717, 1.165) is 78.4 Å². The minimum atomic E-state index is -0.372. The fraction of sp³-hybridized carbons (Fsp3) is 0.0833. The summed E-state index contributed by atoms with van der Waals surface area (Å²) in [6.07, 6.45) is 1.40. The van der Waals surface area contributed by atoms with Gasteiger partial charge in [-0.1, -0.05) is 214 Å². The van der Waals surface area contributed by atoms with Crippen molar-refractivity contribution in [3.8, 4) is 28.2 Å². The summed E-state index contributed by atoms with van der Waals surface area (Å²) in [4.78, 5) is 26.7. The third-order valence-electron chi connectivity index (χ3n) is 15.5. The van der Waals surface area contributed by atoms with Gasteiger partial charge in [0.2, 0.25) is 11.8 Å². The van der Waals surface area contributed by atoms with Gasteiger partial charge in [-0.05, 0) is 117 Å². The second-order valence-corrected chi connectivity index (χ2v) is 19.9. The molecule has 0 radical (unpaired) electrons. The monoisotopic (exact) mass is 993 g/mol. The summed E-state index contributed by atoms with van der Waals surface area (Å²) >= 11 is 0. The Labute approximate surface area is 447 Å². The molecule has 5 heteroatoms. The third kappa shape index (κ3) is 7.93. The number of benzene rings is 11. The number of hydrogen-bond acceptors (Lipinski definition) is 2. The maximum absolute atomic E-state index is 14.2. The van der Waals surface area contributed by atoms with Crippen molar-refractivity contribution in [3.05, 3.63) is 271 Å². The van der Waals surface area contributed by atoms with Crippen LogP contribution in [0.5, 0.6) is 0 Å². The zero-order chi connectivity index (χ0) is 52.1. The lowest BCUT2D eigenvalue weighted by Gasteiger charge is -2.27. The van der Waals surface area contributed by atoms with Crippen LogP contribution in [0.4, 0.5) is 0 Å². The number of aryl methyl sites for hydroxylation is 2. The van der Waals surface area contributed by atoms with Crippen LogP contribution in [0.1, 0.15) is 58.0 Å². The highest BCUT2D eigenvalue weighted by atomic mass is 16.2. The SMILES string of the molecule is CC.Cc1ccc2c3ccccc3c3ccccc3c2c1.O=C1C(c2ccc3c(c2)c2ccccc2n3-c2ccccc2)c2ccccc2-c2cc3ccccc3n21.O=C1CCc2ccccc2-c2cc3ccccc3n21. The molecule has 16 rings (SSSR count). The minimum absolute atomic E-state index is 0.0982. The molecule has 0 bridgehead atoms. The van der Waals surface area contributed by atoms with Crippen molar-refractivity contribution >= 4 is 87.7 Å². The molecule has 11 aromatic carbocycles. The van der Waals surface area contributed by atoms with Gasteiger partial charge < -0.3 is 4.57 Å². The van der Waals surface area contributed by atoms with E-state index in [1.54, 1.807) is 0 Å². The first-order chi connectivity index (χ1) is 38.0. The van der Waals surface area contributed by atoms with E-state index >= 15 is 0 Å². The molecule has 0 saturated heterocycles. The van der Waals surface area contributed by atoms with E-state index in [9.17, 15) is 9.59 Å². The molecule has 3 aromatic heterocycles. The number of aromatic nitrogens is 3. The van der Waals surface area contributed by atoms with E-state index in [-0.39, 0.29) is 17.7 Å². The quantitative estimate of drug-likeness (QED) is 0.162. The predicted octanol–water partition coefficient (Wildman–Crippen LogP) is 18.6. The maximum atomic E-state index is 14.2. The van der Waals surface area contributed by atoms with Crippen molar-refractivity contribution in [1.82, 2.24) is 13.7 Å². The first-order valence-electron chi connectivity index (χ1n) is 26.8. The Morgan fingerprint density at radius 1 is 0.364 bits per heavy atom. The van der Waals surface area contributed by atoms with Gasteiger partial charge in [0.25, 0.3) is 0 Å². The molecular weight excluding hydrogens is 939 g/mol. The largest absolute Gasteiger partial charge is 0.309 e. The molecule has 0 spiro atoms. The summed E-state index contributed by atoms with van der Waals surface area (Å²) in [6.45, 7) is 6.16. The maximum Gasteiger partial charge on any atom is 0.243 e. The zero-order valence-electron chi connectivity index (χ0n) is 43.3. The lowest BCUT2D eigenvalue weighted by atomic mass is 9.83. The number of carbonyl (C=O) groups is 2. The summed E-state index contributed by atoms with van der Waals surface area (Å²) in [7, 11) is 0. The highest BCUT2D eigenvalue weighted by molar-refractivity contribution is 6.25. The molecule has 14 aromatic rings.